The molecule has 0 amide bonds. The Morgan fingerprint density at radius 2 is 2.00 bits per heavy atom. The molecule has 2 rings (SSSR count). The van der Waals surface area contributed by atoms with Crippen LogP contribution in [0.15, 0.2) is 39.9 Å². The number of rotatable bonds is 7. The van der Waals surface area contributed by atoms with E-state index in [-0.39, 0.29) is 6.54 Å². The van der Waals surface area contributed by atoms with E-state index in [1.807, 2.05) is 30.6 Å². The van der Waals surface area contributed by atoms with E-state index in [1.165, 1.54) is 11.3 Å². The van der Waals surface area contributed by atoms with Crippen LogP contribution < -0.4 is 14.8 Å². The molecule has 2 aromatic rings. The molecule has 1 aromatic heterocycles. The van der Waals surface area contributed by atoms with E-state index < -0.39 is 10.0 Å². The summed E-state index contributed by atoms with van der Waals surface area (Å²) in [5.41, 5.74) is 1.76. The normalized spacial score (nSPS) is 11.5. The zero-order valence-corrected chi connectivity index (χ0v) is 13.6. The summed E-state index contributed by atoms with van der Waals surface area (Å²) in [6.07, 6.45) is 0. The van der Waals surface area contributed by atoms with Crippen molar-refractivity contribution in [2.75, 3.05) is 14.2 Å². The van der Waals surface area contributed by atoms with Crippen molar-refractivity contribution in [1.29, 1.82) is 0 Å². The van der Waals surface area contributed by atoms with Crippen molar-refractivity contribution in [2.24, 2.45) is 0 Å². The first-order chi connectivity index (χ1) is 10.1. The smallest absolute Gasteiger partial charge is 0.250 e. The molecule has 0 bridgehead atoms. The van der Waals surface area contributed by atoms with Crippen LogP contribution in [0.25, 0.3) is 0 Å². The van der Waals surface area contributed by atoms with Crippen LogP contribution in [0.4, 0.5) is 0 Å². The summed E-state index contributed by atoms with van der Waals surface area (Å²) in [4.78, 5) is 0. The van der Waals surface area contributed by atoms with Gasteiger partial charge >= 0.3 is 0 Å². The number of thiophene rings is 1. The molecule has 2 N–H and O–H groups in total. The van der Waals surface area contributed by atoms with Crippen molar-refractivity contribution >= 4 is 21.4 Å². The van der Waals surface area contributed by atoms with E-state index in [2.05, 4.69) is 10.0 Å². The quantitative estimate of drug-likeness (QED) is 0.816. The third-order valence-corrected chi connectivity index (χ3v) is 5.81. The average Bonchev–Trinajstić information content (AvgIpc) is 2.95. The molecule has 114 valence electrons. The summed E-state index contributed by atoms with van der Waals surface area (Å²) < 4.78 is 32.7. The number of hydrogen-bond donors (Lipinski definition) is 2. The number of para-hydroxylation sites is 1. The molecule has 1 heterocycles. The Morgan fingerprint density at radius 1 is 1.24 bits per heavy atom. The van der Waals surface area contributed by atoms with Gasteiger partial charge in [0.1, 0.15) is 9.96 Å². The van der Waals surface area contributed by atoms with Crippen LogP contribution in [0.1, 0.15) is 11.1 Å². The van der Waals surface area contributed by atoms with Gasteiger partial charge in [-0.2, -0.15) is 0 Å². The molecule has 0 saturated heterocycles. The zero-order valence-electron chi connectivity index (χ0n) is 11.9. The van der Waals surface area contributed by atoms with Crippen molar-refractivity contribution in [2.45, 2.75) is 17.3 Å². The Kier molecular flexibility index (Phi) is 5.35. The summed E-state index contributed by atoms with van der Waals surface area (Å²) in [5.74, 6) is 0.669. The molecule has 0 aliphatic rings. The first kappa shape index (κ1) is 16.0. The first-order valence-corrected chi connectivity index (χ1v) is 8.76. The van der Waals surface area contributed by atoms with Gasteiger partial charge in [0.2, 0.25) is 10.0 Å². The maximum absolute atomic E-state index is 12.3. The number of ether oxygens (including phenoxy) is 1. The van der Waals surface area contributed by atoms with E-state index in [0.29, 0.717) is 16.5 Å². The van der Waals surface area contributed by atoms with E-state index in [0.717, 1.165) is 11.1 Å². The van der Waals surface area contributed by atoms with Crippen LogP contribution in [-0.4, -0.2) is 22.6 Å². The van der Waals surface area contributed by atoms with Gasteiger partial charge in [0.25, 0.3) is 0 Å². The van der Waals surface area contributed by atoms with Crippen LogP contribution in [0.5, 0.6) is 5.75 Å². The third-order valence-electron chi connectivity index (χ3n) is 2.92. The van der Waals surface area contributed by atoms with Gasteiger partial charge in [-0.05, 0) is 30.1 Å². The largest absolute Gasteiger partial charge is 0.496 e. The second-order valence-electron chi connectivity index (χ2n) is 4.44. The van der Waals surface area contributed by atoms with Gasteiger partial charge in [0, 0.05) is 18.7 Å². The van der Waals surface area contributed by atoms with Crippen molar-refractivity contribution < 1.29 is 13.2 Å². The number of sulfonamides is 1. The molecule has 5 nitrogen and oxygen atoms in total. The lowest BCUT2D eigenvalue weighted by Gasteiger charge is -2.09. The van der Waals surface area contributed by atoms with Crippen molar-refractivity contribution in [3.8, 4) is 5.75 Å². The Bertz CT molecular complexity index is 696. The van der Waals surface area contributed by atoms with Gasteiger partial charge in [-0.1, -0.05) is 18.2 Å². The van der Waals surface area contributed by atoms with Gasteiger partial charge in [-0.3, -0.25) is 0 Å². The van der Waals surface area contributed by atoms with E-state index in [9.17, 15) is 8.42 Å². The summed E-state index contributed by atoms with van der Waals surface area (Å²) >= 11 is 1.22. The summed E-state index contributed by atoms with van der Waals surface area (Å²) in [6, 6.07) is 9.02. The highest BCUT2D eigenvalue weighted by Gasteiger charge is 2.17. The Hall–Kier alpha value is -1.41. The van der Waals surface area contributed by atoms with E-state index in [4.69, 9.17) is 4.74 Å². The lowest BCUT2D eigenvalue weighted by atomic mass is 10.2. The molecule has 0 radical (unpaired) electrons. The minimum absolute atomic E-state index is 0.200. The minimum Gasteiger partial charge on any atom is -0.496 e. The highest BCUT2D eigenvalue weighted by molar-refractivity contribution is 7.91. The van der Waals surface area contributed by atoms with Gasteiger partial charge in [0.15, 0.2) is 0 Å². The summed E-state index contributed by atoms with van der Waals surface area (Å²) in [6.45, 7) is 0.851. The third kappa shape index (κ3) is 4.04. The predicted molar refractivity (Wildman–Crippen MR) is 84.1 cm³/mol. The van der Waals surface area contributed by atoms with Gasteiger partial charge in [0.05, 0.1) is 7.11 Å². The molecule has 0 aliphatic heterocycles. The van der Waals surface area contributed by atoms with Crippen LogP contribution in [-0.2, 0) is 23.1 Å². The Balaban J connectivity index is 2.10. The van der Waals surface area contributed by atoms with Crippen molar-refractivity contribution in [3.05, 3.63) is 46.8 Å². The molecule has 21 heavy (non-hydrogen) atoms. The van der Waals surface area contributed by atoms with Crippen LogP contribution in [0.2, 0.25) is 0 Å². The van der Waals surface area contributed by atoms with Gasteiger partial charge in [-0.25, -0.2) is 13.1 Å². The molecular formula is C14H18N2O3S2. The summed E-state index contributed by atoms with van der Waals surface area (Å²) in [5, 5.41) is 4.84. The monoisotopic (exact) mass is 326 g/mol. The highest BCUT2D eigenvalue weighted by atomic mass is 32.2. The number of nitrogens with one attached hydrogen (secondary N) is 2. The first-order valence-electron chi connectivity index (χ1n) is 6.40. The SMILES string of the molecule is CNCc1csc(S(=O)(=O)NCc2ccccc2OC)c1. The molecule has 0 spiro atoms. The maximum atomic E-state index is 12.3. The second-order valence-corrected chi connectivity index (χ2v) is 7.35. The number of benzene rings is 1. The molecule has 7 heteroatoms. The molecule has 0 aliphatic carbocycles. The van der Waals surface area contributed by atoms with E-state index >= 15 is 0 Å². The van der Waals surface area contributed by atoms with Crippen LogP contribution in [0.3, 0.4) is 0 Å². The topological polar surface area (TPSA) is 67.4 Å². The van der Waals surface area contributed by atoms with Gasteiger partial charge in [-0.15, -0.1) is 11.3 Å². The highest BCUT2D eigenvalue weighted by Crippen LogP contribution is 2.22. The molecule has 0 saturated carbocycles. The molecule has 0 fully saturated rings. The maximum Gasteiger partial charge on any atom is 0.250 e. The van der Waals surface area contributed by atoms with Crippen molar-refractivity contribution in [1.82, 2.24) is 10.0 Å². The number of hydrogen-bond acceptors (Lipinski definition) is 5. The predicted octanol–water partition coefficient (Wildman–Crippen LogP) is 1.95. The lowest BCUT2D eigenvalue weighted by molar-refractivity contribution is 0.409. The fraction of sp³-hybridized carbons (Fsp3) is 0.286. The lowest BCUT2D eigenvalue weighted by Crippen LogP contribution is -2.22. The minimum atomic E-state index is -3.50. The average molecular weight is 326 g/mol. The fourth-order valence-corrected chi connectivity index (χ4v) is 4.14. The fourth-order valence-electron chi connectivity index (χ4n) is 1.88. The molecule has 1 aromatic carbocycles. The molecular weight excluding hydrogens is 308 g/mol. The van der Waals surface area contributed by atoms with Crippen LogP contribution in [0, 0.1) is 0 Å². The number of methoxy groups -OCH3 is 1. The van der Waals surface area contributed by atoms with E-state index in [1.54, 1.807) is 19.2 Å². The Morgan fingerprint density at radius 3 is 2.71 bits per heavy atom. The summed E-state index contributed by atoms with van der Waals surface area (Å²) in [7, 11) is -0.104. The van der Waals surface area contributed by atoms with Crippen LogP contribution >= 0.6 is 11.3 Å². The van der Waals surface area contributed by atoms with Gasteiger partial charge < -0.3 is 10.1 Å². The second kappa shape index (κ2) is 7.04. The molecule has 0 unspecified atom stereocenters. The zero-order chi connectivity index (χ0) is 15.3. The van der Waals surface area contributed by atoms with Crippen molar-refractivity contribution in [3.63, 3.8) is 0 Å². The molecule has 0 atom stereocenters. The standard InChI is InChI=1S/C14H18N2O3S2/c1-15-8-11-7-14(20-10-11)21(17,18)16-9-12-5-3-4-6-13(12)19-2/h3-7,10,15-16H,8-9H2,1-2H3. The Labute approximate surface area is 129 Å².